The normalized spacial score (nSPS) is 15.1. The number of likely N-dealkylation sites (tertiary alicyclic amines) is 1. The molecule has 30 heavy (non-hydrogen) atoms. The van der Waals surface area contributed by atoms with Crippen LogP contribution in [0.1, 0.15) is 23.2 Å². The van der Waals surface area contributed by atoms with Gasteiger partial charge in [0.05, 0.1) is 19.8 Å². The fraction of sp³-hybridized carbons (Fsp3) is 0.381. The second-order valence-electron chi connectivity index (χ2n) is 7.08. The van der Waals surface area contributed by atoms with Gasteiger partial charge in [-0.05, 0) is 43.0 Å². The van der Waals surface area contributed by atoms with Gasteiger partial charge in [-0.2, -0.15) is 0 Å². The number of carbonyl (C=O) groups is 1. The zero-order chi connectivity index (χ0) is 21.7. The Morgan fingerprint density at radius 3 is 2.47 bits per heavy atom. The highest BCUT2D eigenvalue weighted by Gasteiger charge is 2.27. The number of sulfonamides is 1. The molecule has 0 saturated carbocycles. The van der Waals surface area contributed by atoms with Crippen LogP contribution >= 0.6 is 0 Å². The molecule has 0 aromatic heterocycles. The van der Waals surface area contributed by atoms with Gasteiger partial charge in [0.15, 0.2) is 0 Å². The number of benzene rings is 2. The van der Waals surface area contributed by atoms with Crippen molar-refractivity contribution in [2.75, 3.05) is 33.9 Å². The molecular formula is C21H25FN2O5S. The molecule has 1 heterocycles. The maximum absolute atomic E-state index is 13.9. The summed E-state index contributed by atoms with van der Waals surface area (Å²) in [6.07, 6.45) is 1.25. The number of hydrogen-bond acceptors (Lipinski definition) is 5. The van der Waals surface area contributed by atoms with Gasteiger partial charge in [0.2, 0.25) is 10.0 Å². The molecule has 0 atom stereocenters. The van der Waals surface area contributed by atoms with Gasteiger partial charge in [0.1, 0.15) is 22.2 Å². The van der Waals surface area contributed by atoms with Gasteiger partial charge in [0.25, 0.3) is 5.91 Å². The molecule has 9 heteroatoms. The molecule has 0 bridgehead atoms. The smallest absolute Gasteiger partial charge is 0.256 e. The van der Waals surface area contributed by atoms with Crippen LogP contribution in [0.25, 0.3) is 0 Å². The summed E-state index contributed by atoms with van der Waals surface area (Å²) >= 11 is 0. The van der Waals surface area contributed by atoms with Crippen molar-refractivity contribution in [2.45, 2.75) is 17.7 Å². The van der Waals surface area contributed by atoms with Gasteiger partial charge in [-0.25, -0.2) is 17.5 Å². The minimum absolute atomic E-state index is 0.0398. The SMILES string of the molecule is COc1ccc(S(=O)(=O)NCC2CCN(C(=O)c3ccccc3F)CC2)c(OC)c1. The number of amides is 1. The molecule has 7 nitrogen and oxygen atoms in total. The van der Waals surface area contributed by atoms with E-state index in [9.17, 15) is 17.6 Å². The highest BCUT2D eigenvalue weighted by atomic mass is 32.2. The topological polar surface area (TPSA) is 84.9 Å². The highest BCUT2D eigenvalue weighted by Crippen LogP contribution is 2.28. The number of halogens is 1. The number of nitrogens with one attached hydrogen (secondary N) is 1. The van der Waals surface area contributed by atoms with Crippen LogP contribution in [0.15, 0.2) is 47.4 Å². The summed E-state index contributed by atoms with van der Waals surface area (Å²) < 4.78 is 52.2. The van der Waals surface area contributed by atoms with Crippen LogP contribution in [0.2, 0.25) is 0 Å². The quantitative estimate of drug-likeness (QED) is 0.721. The van der Waals surface area contributed by atoms with E-state index in [-0.39, 0.29) is 34.6 Å². The van der Waals surface area contributed by atoms with Crippen molar-refractivity contribution in [1.82, 2.24) is 9.62 Å². The number of piperidine rings is 1. The average Bonchev–Trinajstić information content (AvgIpc) is 2.77. The Kier molecular flexibility index (Phi) is 6.94. The monoisotopic (exact) mass is 436 g/mol. The predicted molar refractivity (Wildman–Crippen MR) is 110 cm³/mol. The first-order chi connectivity index (χ1) is 14.4. The molecule has 162 valence electrons. The summed E-state index contributed by atoms with van der Waals surface area (Å²) in [5, 5.41) is 0. The highest BCUT2D eigenvalue weighted by molar-refractivity contribution is 7.89. The molecule has 0 unspecified atom stereocenters. The van der Waals surface area contributed by atoms with E-state index in [2.05, 4.69) is 4.72 Å². The van der Waals surface area contributed by atoms with Gasteiger partial charge >= 0.3 is 0 Å². The number of rotatable bonds is 7. The van der Waals surface area contributed by atoms with Gasteiger partial charge in [-0.3, -0.25) is 4.79 Å². The van der Waals surface area contributed by atoms with Crippen LogP contribution in [0, 0.1) is 11.7 Å². The minimum atomic E-state index is -3.77. The van der Waals surface area contributed by atoms with E-state index in [1.54, 1.807) is 23.1 Å². The molecule has 0 radical (unpaired) electrons. The molecule has 1 saturated heterocycles. The van der Waals surface area contributed by atoms with E-state index in [0.29, 0.717) is 31.7 Å². The fourth-order valence-electron chi connectivity index (χ4n) is 3.45. The van der Waals surface area contributed by atoms with Crippen LogP contribution in [-0.4, -0.2) is 53.1 Å². The van der Waals surface area contributed by atoms with Crippen LogP contribution in [0.3, 0.4) is 0 Å². The second kappa shape index (κ2) is 9.44. The van der Waals surface area contributed by atoms with Crippen LogP contribution in [0.4, 0.5) is 4.39 Å². The summed E-state index contributed by atoms with van der Waals surface area (Å²) in [5.41, 5.74) is 0.0586. The van der Waals surface area contributed by atoms with Crippen molar-refractivity contribution in [3.05, 3.63) is 53.8 Å². The Bertz CT molecular complexity index is 1000. The van der Waals surface area contributed by atoms with E-state index in [1.807, 2.05) is 0 Å². The third-order valence-electron chi connectivity index (χ3n) is 5.23. The summed E-state index contributed by atoms with van der Waals surface area (Å²) in [4.78, 5) is 14.1. The molecule has 1 aliphatic rings. The lowest BCUT2D eigenvalue weighted by Gasteiger charge is -2.32. The first-order valence-corrected chi connectivity index (χ1v) is 11.1. The third kappa shape index (κ3) is 4.91. The second-order valence-corrected chi connectivity index (χ2v) is 8.82. The molecule has 1 N–H and O–H groups in total. The molecule has 3 rings (SSSR count). The lowest BCUT2D eigenvalue weighted by Crippen LogP contribution is -2.41. The number of nitrogens with zero attached hydrogens (tertiary/aromatic N) is 1. The molecule has 2 aromatic rings. The predicted octanol–water partition coefficient (Wildman–Crippen LogP) is 2.67. The molecule has 2 aromatic carbocycles. The maximum atomic E-state index is 13.9. The van der Waals surface area contributed by atoms with Crippen molar-refractivity contribution < 1.29 is 27.1 Å². The van der Waals surface area contributed by atoms with E-state index in [1.165, 1.54) is 38.5 Å². The fourth-order valence-corrected chi connectivity index (χ4v) is 4.71. The van der Waals surface area contributed by atoms with Crippen molar-refractivity contribution in [3.8, 4) is 11.5 Å². The summed E-state index contributed by atoms with van der Waals surface area (Å²) in [6.45, 7) is 1.15. The van der Waals surface area contributed by atoms with E-state index < -0.39 is 15.8 Å². The van der Waals surface area contributed by atoms with Gasteiger partial charge in [0, 0.05) is 25.7 Å². The Morgan fingerprint density at radius 1 is 1.13 bits per heavy atom. The van der Waals surface area contributed by atoms with Crippen molar-refractivity contribution in [2.24, 2.45) is 5.92 Å². The maximum Gasteiger partial charge on any atom is 0.256 e. The van der Waals surface area contributed by atoms with Crippen LogP contribution in [0.5, 0.6) is 11.5 Å². The standard InChI is InChI=1S/C21H25FN2O5S/c1-28-16-7-8-20(19(13-16)29-2)30(26,27)23-14-15-9-11-24(12-10-15)21(25)17-5-3-4-6-18(17)22/h3-8,13,15,23H,9-12,14H2,1-2H3. The summed E-state index contributed by atoms with van der Waals surface area (Å²) in [6, 6.07) is 10.4. The van der Waals surface area contributed by atoms with Gasteiger partial charge in [-0.1, -0.05) is 12.1 Å². The largest absolute Gasteiger partial charge is 0.497 e. The minimum Gasteiger partial charge on any atom is -0.497 e. The Labute approximate surface area is 175 Å². The zero-order valence-electron chi connectivity index (χ0n) is 16.9. The number of methoxy groups -OCH3 is 2. The molecule has 1 aliphatic heterocycles. The lowest BCUT2D eigenvalue weighted by atomic mass is 9.96. The van der Waals surface area contributed by atoms with Gasteiger partial charge in [-0.15, -0.1) is 0 Å². The lowest BCUT2D eigenvalue weighted by molar-refractivity contribution is 0.0687. The first kappa shape index (κ1) is 22.0. The first-order valence-electron chi connectivity index (χ1n) is 9.61. The Morgan fingerprint density at radius 2 is 1.83 bits per heavy atom. The van der Waals surface area contributed by atoms with Crippen molar-refractivity contribution in [3.63, 3.8) is 0 Å². The molecule has 1 fully saturated rings. The average molecular weight is 437 g/mol. The Hall–Kier alpha value is -2.65. The van der Waals surface area contributed by atoms with E-state index >= 15 is 0 Å². The molecule has 0 aliphatic carbocycles. The number of hydrogen-bond donors (Lipinski definition) is 1. The molecule has 0 spiro atoms. The van der Waals surface area contributed by atoms with E-state index in [4.69, 9.17) is 9.47 Å². The van der Waals surface area contributed by atoms with Crippen molar-refractivity contribution >= 4 is 15.9 Å². The third-order valence-corrected chi connectivity index (χ3v) is 6.69. The van der Waals surface area contributed by atoms with Crippen LogP contribution < -0.4 is 14.2 Å². The summed E-state index contributed by atoms with van der Waals surface area (Å²) in [7, 11) is -0.877. The Balaban J connectivity index is 1.58. The molecule has 1 amide bonds. The van der Waals surface area contributed by atoms with E-state index in [0.717, 1.165) is 0 Å². The van der Waals surface area contributed by atoms with Gasteiger partial charge < -0.3 is 14.4 Å². The number of carbonyl (C=O) groups excluding carboxylic acids is 1. The molecular weight excluding hydrogens is 411 g/mol. The summed E-state index contributed by atoms with van der Waals surface area (Å²) in [5.74, 6) is -0.0977. The number of ether oxygens (including phenoxy) is 2. The van der Waals surface area contributed by atoms with Crippen molar-refractivity contribution in [1.29, 1.82) is 0 Å². The zero-order valence-corrected chi connectivity index (χ0v) is 17.7. The van der Waals surface area contributed by atoms with Crippen LogP contribution in [-0.2, 0) is 10.0 Å².